The summed E-state index contributed by atoms with van der Waals surface area (Å²) in [5.41, 5.74) is 0.283. The summed E-state index contributed by atoms with van der Waals surface area (Å²) < 4.78 is 5.28. The maximum atomic E-state index is 11.8. The molecule has 1 saturated carbocycles. The van der Waals surface area contributed by atoms with Crippen molar-refractivity contribution in [3.05, 3.63) is 23.2 Å². The summed E-state index contributed by atoms with van der Waals surface area (Å²) >= 11 is 0. The van der Waals surface area contributed by atoms with Crippen LogP contribution in [0.1, 0.15) is 53.4 Å². The van der Waals surface area contributed by atoms with Crippen LogP contribution in [0, 0.1) is 5.41 Å². The molecule has 0 bridgehead atoms. The summed E-state index contributed by atoms with van der Waals surface area (Å²) in [5.74, 6) is -0.993. The molecule has 5 heteroatoms. The first-order valence-electron chi connectivity index (χ1n) is 6.09. The van der Waals surface area contributed by atoms with Crippen molar-refractivity contribution in [2.45, 2.75) is 33.1 Å². The second-order valence-corrected chi connectivity index (χ2v) is 5.10. The first kappa shape index (κ1) is 12.7. The van der Waals surface area contributed by atoms with Crippen LogP contribution in [0.4, 0.5) is 0 Å². The Labute approximate surface area is 105 Å². The molecule has 0 aliphatic heterocycles. The third kappa shape index (κ3) is 2.55. The molecule has 1 aromatic rings. The summed E-state index contributed by atoms with van der Waals surface area (Å²) in [7, 11) is 0. The number of hydrogen-bond acceptors (Lipinski definition) is 3. The largest absolute Gasteiger partial charge is 0.478 e. The van der Waals surface area contributed by atoms with E-state index in [4.69, 9.17) is 9.52 Å². The first-order chi connectivity index (χ1) is 8.45. The fourth-order valence-electron chi connectivity index (χ4n) is 1.76. The molecular formula is C13H17NO4. The summed E-state index contributed by atoms with van der Waals surface area (Å²) in [6.07, 6.45) is 2.69. The summed E-state index contributed by atoms with van der Waals surface area (Å²) in [5, 5.41) is 11.7. The third-order valence-corrected chi connectivity index (χ3v) is 3.36. The second kappa shape index (κ2) is 4.48. The zero-order chi connectivity index (χ0) is 13.3. The van der Waals surface area contributed by atoms with Crippen LogP contribution in [0.2, 0.25) is 0 Å². The van der Waals surface area contributed by atoms with E-state index < -0.39 is 5.97 Å². The van der Waals surface area contributed by atoms with Crippen LogP contribution >= 0.6 is 0 Å². The number of aromatic carboxylic acids is 1. The number of hydrogen-bond donors (Lipinski definition) is 2. The number of nitrogens with one attached hydrogen (secondary N) is 1. The third-order valence-electron chi connectivity index (χ3n) is 3.36. The molecule has 1 aliphatic rings. The van der Waals surface area contributed by atoms with Crippen molar-refractivity contribution in [3.63, 3.8) is 0 Å². The fourth-order valence-corrected chi connectivity index (χ4v) is 1.76. The number of carbonyl (C=O) groups is 2. The van der Waals surface area contributed by atoms with Crippen molar-refractivity contribution >= 4 is 11.9 Å². The Morgan fingerprint density at radius 2 is 2.17 bits per heavy atom. The minimum Gasteiger partial charge on any atom is -0.478 e. The van der Waals surface area contributed by atoms with Gasteiger partial charge < -0.3 is 14.8 Å². The summed E-state index contributed by atoms with van der Waals surface area (Å²) in [6, 6.07) is 1.30. The van der Waals surface area contributed by atoms with Crippen molar-refractivity contribution < 1.29 is 19.1 Å². The molecule has 1 heterocycles. The van der Waals surface area contributed by atoms with Gasteiger partial charge in [0, 0.05) is 19.0 Å². The van der Waals surface area contributed by atoms with Gasteiger partial charge in [0.15, 0.2) is 5.76 Å². The number of aryl methyl sites for hydroxylation is 1. The van der Waals surface area contributed by atoms with Gasteiger partial charge in [-0.1, -0.05) is 13.8 Å². The van der Waals surface area contributed by atoms with Crippen LogP contribution in [0.25, 0.3) is 0 Å². The predicted octanol–water partition coefficient (Wildman–Crippen LogP) is 2.07. The van der Waals surface area contributed by atoms with E-state index >= 15 is 0 Å². The van der Waals surface area contributed by atoms with Gasteiger partial charge in [-0.2, -0.15) is 0 Å². The molecule has 18 heavy (non-hydrogen) atoms. The minimum absolute atomic E-state index is 0.0697. The highest BCUT2D eigenvalue weighted by atomic mass is 16.4. The smallest absolute Gasteiger partial charge is 0.339 e. The Kier molecular flexibility index (Phi) is 3.15. The normalized spacial score (nSPS) is 16.3. The van der Waals surface area contributed by atoms with E-state index in [1.807, 2.05) is 0 Å². The maximum absolute atomic E-state index is 11.8. The van der Waals surface area contributed by atoms with E-state index in [-0.39, 0.29) is 22.6 Å². The molecule has 0 unspecified atom stereocenters. The number of amides is 1. The lowest BCUT2D eigenvalue weighted by atomic mass is 10.1. The topological polar surface area (TPSA) is 79.5 Å². The number of carboxylic acid groups (broad SMARTS) is 1. The Morgan fingerprint density at radius 1 is 1.50 bits per heavy atom. The molecule has 0 atom stereocenters. The fraction of sp³-hybridized carbons (Fsp3) is 0.538. The van der Waals surface area contributed by atoms with Crippen molar-refractivity contribution in [1.29, 1.82) is 0 Å². The Balaban J connectivity index is 2.07. The molecule has 1 aromatic heterocycles. The highest BCUT2D eigenvalue weighted by molar-refractivity contribution is 5.96. The number of furan rings is 1. The lowest BCUT2D eigenvalue weighted by Crippen LogP contribution is -2.28. The zero-order valence-electron chi connectivity index (χ0n) is 10.6. The Hall–Kier alpha value is -1.78. The average Bonchev–Trinajstić information content (AvgIpc) is 2.92. The van der Waals surface area contributed by atoms with E-state index in [0.717, 1.165) is 12.8 Å². The first-order valence-corrected chi connectivity index (χ1v) is 6.09. The average molecular weight is 251 g/mol. The number of rotatable bonds is 5. The van der Waals surface area contributed by atoms with E-state index in [9.17, 15) is 9.59 Å². The highest BCUT2D eigenvalue weighted by Crippen LogP contribution is 2.44. The van der Waals surface area contributed by atoms with E-state index in [1.54, 1.807) is 6.92 Å². The molecule has 0 saturated heterocycles. The lowest BCUT2D eigenvalue weighted by Gasteiger charge is -2.08. The number of carbonyl (C=O) groups excluding carboxylic acids is 1. The molecule has 5 nitrogen and oxygen atoms in total. The van der Waals surface area contributed by atoms with Gasteiger partial charge in [0.1, 0.15) is 11.3 Å². The Bertz CT molecular complexity index is 485. The summed E-state index contributed by atoms with van der Waals surface area (Å²) in [6.45, 7) is 4.50. The monoisotopic (exact) mass is 251 g/mol. The van der Waals surface area contributed by atoms with Crippen LogP contribution < -0.4 is 5.32 Å². The molecule has 0 radical (unpaired) electrons. The lowest BCUT2D eigenvalue weighted by molar-refractivity contribution is 0.0694. The summed E-state index contributed by atoms with van der Waals surface area (Å²) in [4.78, 5) is 22.8. The molecule has 1 aliphatic carbocycles. The van der Waals surface area contributed by atoms with Gasteiger partial charge in [-0.3, -0.25) is 4.79 Å². The molecule has 0 aromatic carbocycles. The van der Waals surface area contributed by atoms with Crippen molar-refractivity contribution in [2.75, 3.05) is 6.54 Å². The van der Waals surface area contributed by atoms with Crippen molar-refractivity contribution in [2.24, 2.45) is 5.41 Å². The zero-order valence-corrected chi connectivity index (χ0v) is 10.6. The molecule has 2 N–H and O–H groups in total. The minimum atomic E-state index is -1.07. The van der Waals surface area contributed by atoms with Gasteiger partial charge in [-0.25, -0.2) is 4.79 Å². The van der Waals surface area contributed by atoms with Gasteiger partial charge in [0.2, 0.25) is 0 Å². The van der Waals surface area contributed by atoms with E-state index in [1.165, 1.54) is 6.07 Å². The number of carboxylic acids is 1. The van der Waals surface area contributed by atoms with Crippen LogP contribution in [0.3, 0.4) is 0 Å². The van der Waals surface area contributed by atoms with Gasteiger partial charge in [0.25, 0.3) is 5.91 Å². The van der Waals surface area contributed by atoms with Crippen LogP contribution in [0.15, 0.2) is 10.5 Å². The van der Waals surface area contributed by atoms with Gasteiger partial charge in [0.05, 0.1) is 0 Å². The second-order valence-electron chi connectivity index (χ2n) is 5.10. The Morgan fingerprint density at radius 3 is 2.61 bits per heavy atom. The molecule has 0 spiro atoms. The van der Waals surface area contributed by atoms with Crippen molar-refractivity contribution in [3.8, 4) is 0 Å². The van der Waals surface area contributed by atoms with Crippen molar-refractivity contribution in [1.82, 2.24) is 5.32 Å². The van der Waals surface area contributed by atoms with Crippen LogP contribution in [-0.2, 0) is 6.42 Å². The molecular weight excluding hydrogens is 234 g/mol. The quantitative estimate of drug-likeness (QED) is 0.839. The molecule has 98 valence electrons. The predicted molar refractivity (Wildman–Crippen MR) is 64.7 cm³/mol. The van der Waals surface area contributed by atoms with Gasteiger partial charge in [-0.15, -0.1) is 0 Å². The van der Waals surface area contributed by atoms with Gasteiger partial charge in [-0.05, 0) is 18.3 Å². The SMILES string of the molecule is CCc1oc(C(=O)NCC2(C)CC2)cc1C(=O)O. The van der Waals surface area contributed by atoms with Crippen LogP contribution in [-0.4, -0.2) is 23.5 Å². The van der Waals surface area contributed by atoms with E-state index in [2.05, 4.69) is 12.2 Å². The van der Waals surface area contributed by atoms with Crippen LogP contribution in [0.5, 0.6) is 0 Å². The molecule has 1 amide bonds. The van der Waals surface area contributed by atoms with Gasteiger partial charge >= 0.3 is 5.97 Å². The molecule has 2 rings (SSSR count). The highest BCUT2D eigenvalue weighted by Gasteiger charge is 2.37. The standard InChI is InChI=1S/C13H17NO4/c1-3-9-8(12(16)17)6-10(18-9)11(15)14-7-13(2)4-5-13/h6H,3-5,7H2,1-2H3,(H,14,15)(H,16,17). The maximum Gasteiger partial charge on any atom is 0.339 e. The molecule has 1 fully saturated rings. The van der Waals surface area contributed by atoms with E-state index in [0.29, 0.717) is 18.7 Å².